The molecule has 1 fully saturated rings. The average Bonchev–Trinajstić information content (AvgIpc) is 2.31. The number of β-amino-alcohol motifs (C(OH)–C–C–N with tert-alkyl or cyclic N) is 1. The van der Waals surface area contributed by atoms with E-state index in [9.17, 15) is 5.11 Å². The summed E-state index contributed by atoms with van der Waals surface area (Å²) in [5, 5.41) is 9.49. The van der Waals surface area contributed by atoms with Crippen LogP contribution >= 0.6 is 22.9 Å². The summed E-state index contributed by atoms with van der Waals surface area (Å²) in [6.07, 6.45) is 1.79. The van der Waals surface area contributed by atoms with E-state index in [-0.39, 0.29) is 0 Å². The van der Waals surface area contributed by atoms with Gasteiger partial charge in [0.05, 0.1) is 5.60 Å². The van der Waals surface area contributed by atoms with Gasteiger partial charge in [0.25, 0.3) is 0 Å². The van der Waals surface area contributed by atoms with Crippen molar-refractivity contribution in [3.63, 3.8) is 0 Å². The van der Waals surface area contributed by atoms with Crippen molar-refractivity contribution in [1.29, 1.82) is 0 Å². The SMILES string of the molecule is CC1(O)CN(Cc2cnc(Cl)s2)C1. The fourth-order valence-electron chi connectivity index (χ4n) is 1.61. The van der Waals surface area contributed by atoms with Gasteiger partial charge in [-0.2, -0.15) is 0 Å². The fourth-order valence-corrected chi connectivity index (χ4v) is 2.63. The highest BCUT2D eigenvalue weighted by Gasteiger charge is 2.36. The Morgan fingerprint density at radius 3 is 2.92 bits per heavy atom. The van der Waals surface area contributed by atoms with Crippen LogP contribution in [0.4, 0.5) is 0 Å². The van der Waals surface area contributed by atoms with Gasteiger partial charge in [-0.1, -0.05) is 11.6 Å². The molecule has 5 heteroatoms. The first-order chi connectivity index (χ1) is 6.05. The van der Waals surface area contributed by atoms with Crippen LogP contribution in [0.2, 0.25) is 4.47 Å². The number of aromatic nitrogens is 1. The lowest BCUT2D eigenvalue weighted by molar-refractivity contribution is -0.0867. The number of likely N-dealkylation sites (tertiary alicyclic amines) is 1. The first kappa shape index (κ1) is 9.40. The van der Waals surface area contributed by atoms with Gasteiger partial charge in [-0.25, -0.2) is 4.98 Å². The molecule has 13 heavy (non-hydrogen) atoms. The molecule has 2 heterocycles. The van der Waals surface area contributed by atoms with E-state index in [1.54, 1.807) is 6.20 Å². The summed E-state index contributed by atoms with van der Waals surface area (Å²) in [5.74, 6) is 0. The van der Waals surface area contributed by atoms with Gasteiger partial charge in [0.2, 0.25) is 0 Å². The van der Waals surface area contributed by atoms with Gasteiger partial charge in [-0.15, -0.1) is 11.3 Å². The second-order valence-electron chi connectivity index (χ2n) is 3.72. The van der Waals surface area contributed by atoms with Gasteiger partial charge >= 0.3 is 0 Å². The Hall–Kier alpha value is -0.160. The van der Waals surface area contributed by atoms with Gasteiger partial charge in [0, 0.05) is 30.7 Å². The highest BCUT2D eigenvalue weighted by atomic mass is 35.5. The first-order valence-corrected chi connectivity index (χ1v) is 5.30. The zero-order valence-corrected chi connectivity index (χ0v) is 8.90. The number of aliphatic hydroxyl groups is 1. The second kappa shape index (κ2) is 3.20. The van der Waals surface area contributed by atoms with Gasteiger partial charge in [0.1, 0.15) is 0 Å². The fraction of sp³-hybridized carbons (Fsp3) is 0.625. The number of thiazole rings is 1. The van der Waals surface area contributed by atoms with Crippen LogP contribution < -0.4 is 0 Å². The van der Waals surface area contributed by atoms with E-state index in [2.05, 4.69) is 9.88 Å². The molecule has 0 radical (unpaired) electrons. The monoisotopic (exact) mass is 218 g/mol. The lowest BCUT2D eigenvalue weighted by Gasteiger charge is -2.43. The van der Waals surface area contributed by atoms with E-state index in [1.165, 1.54) is 11.3 Å². The Morgan fingerprint density at radius 2 is 2.46 bits per heavy atom. The summed E-state index contributed by atoms with van der Waals surface area (Å²) >= 11 is 7.20. The minimum Gasteiger partial charge on any atom is -0.388 e. The molecule has 0 saturated carbocycles. The molecule has 1 N–H and O–H groups in total. The molecular formula is C8H11ClN2OS. The van der Waals surface area contributed by atoms with Crippen LogP contribution in [0.1, 0.15) is 11.8 Å². The van der Waals surface area contributed by atoms with Crippen molar-refractivity contribution in [2.75, 3.05) is 13.1 Å². The van der Waals surface area contributed by atoms with E-state index in [0.717, 1.165) is 24.5 Å². The predicted octanol–water partition coefficient (Wildman–Crippen LogP) is 1.36. The predicted molar refractivity (Wildman–Crippen MR) is 53.0 cm³/mol. The van der Waals surface area contributed by atoms with E-state index in [0.29, 0.717) is 4.47 Å². The molecule has 0 spiro atoms. The number of rotatable bonds is 2. The molecule has 0 atom stereocenters. The van der Waals surface area contributed by atoms with Gasteiger partial charge in [-0.3, -0.25) is 4.90 Å². The Balaban J connectivity index is 1.87. The molecule has 1 aliphatic heterocycles. The third kappa shape index (κ3) is 2.20. The van der Waals surface area contributed by atoms with Crippen molar-refractivity contribution < 1.29 is 5.11 Å². The molecule has 0 bridgehead atoms. The molecule has 72 valence electrons. The molecule has 0 aromatic carbocycles. The van der Waals surface area contributed by atoms with Gasteiger partial charge in [-0.05, 0) is 6.92 Å². The van der Waals surface area contributed by atoms with Crippen LogP contribution in [0, 0.1) is 0 Å². The van der Waals surface area contributed by atoms with E-state index in [1.807, 2.05) is 6.92 Å². The van der Waals surface area contributed by atoms with Crippen molar-refractivity contribution in [2.45, 2.75) is 19.1 Å². The van der Waals surface area contributed by atoms with Crippen LogP contribution in [0.15, 0.2) is 6.20 Å². The summed E-state index contributed by atoms with van der Waals surface area (Å²) in [7, 11) is 0. The van der Waals surface area contributed by atoms with E-state index >= 15 is 0 Å². The maximum Gasteiger partial charge on any atom is 0.183 e. The maximum absolute atomic E-state index is 9.49. The molecule has 1 saturated heterocycles. The van der Waals surface area contributed by atoms with Gasteiger partial charge < -0.3 is 5.11 Å². The number of hydrogen-bond acceptors (Lipinski definition) is 4. The van der Waals surface area contributed by atoms with Crippen molar-refractivity contribution in [3.8, 4) is 0 Å². The normalized spacial score (nSPS) is 21.5. The average molecular weight is 219 g/mol. The van der Waals surface area contributed by atoms with E-state index in [4.69, 9.17) is 11.6 Å². The third-order valence-corrected chi connectivity index (χ3v) is 3.13. The number of hydrogen-bond donors (Lipinski definition) is 1. The molecule has 0 amide bonds. The maximum atomic E-state index is 9.49. The van der Waals surface area contributed by atoms with Crippen molar-refractivity contribution in [1.82, 2.24) is 9.88 Å². The smallest absolute Gasteiger partial charge is 0.183 e. The highest BCUT2D eigenvalue weighted by molar-refractivity contribution is 7.15. The van der Waals surface area contributed by atoms with Crippen molar-refractivity contribution in [2.24, 2.45) is 0 Å². The summed E-state index contributed by atoms with van der Waals surface area (Å²) < 4.78 is 0.585. The zero-order chi connectivity index (χ0) is 9.47. The van der Waals surface area contributed by atoms with Crippen LogP contribution in [0.3, 0.4) is 0 Å². The molecule has 1 aliphatic rings. The lowest BCUT2D eigenvalue weighted by atomic mass is 9.97. The van der Waals surface area contributed by atoms with E-state index < -0.39 is 5.60 Å². The largest absolute Gasteiger partial charge is 0.388 e. The second-order valence-corrected chi connectivity index (χ2v) is 5.42. The molecular weight excluding hydrogens is 208 g/mol. The van der Waals surface area contributed by atoms with Crippen LogP contribution in [-0.2, 0) is 6.54 Å². The Bertz CT molecular complexity index is 305. The lowest BCUT2D eigenvalue weighted by Crippen LogP contribution is -2.59. The van der Waals surface area contributed by atoms with Crippen molar-refractivity contribution in [3.05, 3.63) is 15.5 Å². The molecule has 2 rings (SSSR count). The third-order valence-electron chi connectivity index (χ3n) is 2.03. The standard InChI is InChI=1S/C8H11ClN2OS/c1-8(12)4-11(5-8)3-6-2-10-7(9)13-6/h2,12H,3-5H2,1H3. The minimum atomic E-state index is -0.492. The topological polar surface area (TPSA) is 36.4 Å². The molecule has 1 aromatic rings. The Labute approximate surface area is 86.0 Å². The first-order valence-electron chi connectivity index (χ1n) is 4.10. The summed E-state index contributed by atoms with van der Waals surface area (Å²) in [6.45, 7) is 4.18. The Kier molecular flexibility index (Phi) is 2.32. The molecule has 0 unspecified atom stereocenters. The molecule has 1 aromatic heterocycles. The number of nitrogens with zero attached hydrogens (tertiary/aromatic N) is 2. The van der Waals surface area contributed by atoms with Crippen LogP contribution in [0.25, 0.3) is 0 Å². The number of halogens is 1. The van der Waals surface area contributed by atoms with Crippen LogP contribution in [0.5, 0.6) is 0 Å². The van der Waals surface area contributed by atoms with Crippen LogP contribution in [-0.4, -0.2) is 33.7 Å². The Morgan fingerprint density at radius 1 is 1.77 bits per heavy atom. The van der Waals surface area contributed by atoms with Crippen molar-refractivity contribution >= 4 is 22.9 Å². The van der Waals surface area contributed by atoms with Gasteiger partial charge in [0.15, 0.2) is 4.47 Å². The summed E-state index contributed by atoms with van der Waals surface area (Å²) in [4.78, 5) is 7.28. The minimum absolute atomic E-state index is 0.492. The quantitative estimate of drug-likeness (QED) is 0.815. The molecule has 3 nitrogen and oxygen atoms in total. The highest BCUT2D eigenvalue weighted by Crippen LogP contribution is 2.25. The summed E-state index contributed by atoms with van der Waals surface area (Å²) in [5.41, 5.74) is -0.492. The summed E-state index contributed by atoms with van der Waals surface area (Å²) in [6, 6.07) is 0. The molecule has 0 aliphatic carbocycles. The zero-order valence-electron chi connectivity index (χ0n) is 7.33.